The summed E-state index contributed by atoms with van der Waals surface area (Å²) in [6, 6.07) is 57.8. The van der Waals surface area contributed by atoms with Crippen molar-refractivity contribution in [2.75, 3.05) is 32.6 Å². The highest BCUT2D eigenvalue weighted by atomic mass is 79.9. The summed E-state index contributed by atoms with van der Waals surface area (Å²) in [6.07, 6.45) is 11.3. The lowest BCUT2D eigenvalue weighted by molar-refractivity contribution is -0.384. The Balaban J connectivity index is 0.000000166. The van der Waals surface area contributed by atoms with E-state index in [1.54, 1.807) is 92.6 Å². The molecule has 7 aromatic carbocycles. The number of non-ortho nitro benzene ring substituents is 1. The molecule has 13 aromatic rings. The Kier molecular flexibility index (Phi) is 32.7. The van der Waals surface area contributed by atoms with Crippen molar-refractivity contribution >= 4 is 180 Å². The van der Waals surface area contributed by atoms with Crippen LogP contribution >= 0.6 is 63.7 Å². The summed E-state index contributed by atoms with van der Waals surface area (Å²) in [5.41, 5.74) is 16.0. The molecule has 0 bridgehead atoms. The molecule has 115 heavy (non-hydrogen) atoms. The van der Waals surface area contributed by atoms with E-state index in [0.29, 0.717) is 44.5 Å². The zero-order chi connectivity index (χ0) is 83.6. The minimum absolute atomic E-state index is 0.0977. The predicted octanol–water partition coefficient (Wildman–Crippen LogP) is 18.9. The highest BCUT2D eigenvalue weighted by molar-refractivity contribution is 9.11. The van der Waals surface area contributed by atoms with Crippen molar-refractivity contribution in [3.8, 4) is 24.0 Å². The number of ether oxygens (including phenoxy) is 3. The number of aliphatic hydroxyl groups is 1. The highest BCUT2D eigenvalue weighted by Crippen LogP contribution is 2.39. The average molecular weight is 1820 g/mol. The van der Waals surface area contributed by atoms with Crippen molar-refractivity contribution < 1.29 is 52.4 Å². The molecule has 0 amide bonds. The number of nitrogens with two attached hydrogens (primary N) is 1. The summed E-state index contributed by atoms with van der Waals surface area (Å²) in [6.45, 7) is 23.5. The molecule has 0 saturated carbocycles. The molecular weight excluding hydrogens is 1740 g/mol. The number of halogens is 4. The zero-order valence-electron chi connectivity index (χ0n) is 63.9. The Bertz CT molecular complexity index is 5750. The van der Waals surface area contributed by atoms with Gasteiger partial charge < -0.3 is 43.6 Å². The van der Waals surface area contributed by atoms with Gasteiger partial charge in [0.1, 0.15) is 17.9 Å². The molecule has 1 saturated heterocycles. The van der Waals surface area contributed by atoms with Crippen molar-refractivity contribution in [3.05, 3.63) is 280 Å². The minimum atomic E-state index is -1.80. The van der Waals surface area contributed by atoms with Gasteiger partial charge in [0.05, 0.1) is 92.4 Å². The Morgan fingerprint density at radius 1 is 0.661 bits per heavy atom. The number of aldehydes is 1. The van der Waals surface area contributed by atoms with E-state index >= 15 is 0 Å². The number of anilines is 1. The number of nitro benzene ring substituents is 1. The van der Waals surface area contributed by atoms with Gasteiger partial charge in [-0.25, -0.2) is 16.2 Å². The number of carbonyl (C=O) groups excluding carboxylic acids is 3. The molecule has 24 nitrogen and oxygen atoms in total. The van der Waals surface area contributed by atoms with E-state index in [-0.39, 0.29) is 30.6 Å². The number of methoxy groups -OCH3 is 1. The number of rotatable bonds is 10. The number of aromatic nitrogens is 6. The lowest BCUT2D eigenvalue weighted by atomic mass is 9.78. The first-order valence-electron chi connectivity index (χ1n) is 35.5. The summed E-state index contributed by atoms with van der Waals surface area (Å²) < 4.78 is 35.9. The first-order chi connectivity index (χ1) is 55.0. The van der Waals surface area contributed by atoms with Crippen LogP contribution in [0, 0.1) is 50.7 Å². The summed E-state index contributed by atoms with van der Waals surface area (Å²) in [4.78, 5) is 70.2. The first kappa shape index (κ1) is 89.2. The summed E-state index contributed by atoms with van der Waals surface area (Å²) in [7, 11) is -0.840. The van der Waals surface area contributed by atoms with E-state index in [4.69, 9.17) is 41.3 Å². The number of nitro groups is 1. The molecule has 3 N–H and O–H groups in total. The minimum Gasteiger partial charge on any atom is -0.493 e. The number of hydrogen-bond donors (Lipinski definition) is 2. The fourth-order valence-electron chi connectivity index (χ4n) is 11.3. The average Bonchev–Trinajstić information content (AvgIpc) is 1.51. The standard InChI is InChI=1S/C15H21BO3.C14H15BrN2OSi.C12H10BrNO3.C10H5BrN2.C10H6BrNO.C10H7N3.C9H6N2O2.C5H7NO2/c1-14(2)15(3,4)19-16(18-14)12-7-8-13-11(10-12)6-5-9-17-13;1-19(2,3)18-13(9-16)14-10-5-4-8-17-12(10)7-6-11(14)15;1-17-12(16)11(15)10-7-3-2-6-14-9(7)5-4-8(10)13;11-9-3-4-10-7(8(9)6-12)2-1-5-13-10;11-9-3-4-10-7(8(9)6-13)2-1-5-12-10;11-6-8-7-2-1-5-13-10(7)4-3-9(8)12;12-11(13)8-3-4-9-7(6-8)2-1-5-10-9;1-3-8-5(7)4-6-2/h7-8,10H,5-6,9H2,1-4H3;4-8,13H,1-3H3;2-6,11,15H,1H3;1-5H;1-6H;1-5H,12H2;1-6H;3-4H2,1H3. The third kappa shape index (κ3) is 23.9. The van der Waals surface area contributed by atoms with Crippen LogP contribution in [0.2, 0.25) is 19.6 Å². The number of esters is 2. The second kappa shape index (κ2) is 42.1. The third-order valence-corrected chi connectivity index (χ3v) is 21.2. The van der Waals surface area contributed by atoms with Gasteiger partial charge in [-0.1, -0.05) is 84.2 Å². The largest absolute Gasteiger partial charge is 0.494 e. The zero-order valence-corrected chi connectivity index (χ0v) is 71.3. The Labute approximate surface area is 699 Å². The molecule has 0 aliphatic carbocycles. The number of nitriles is 3. The number of carbonyl (C=O) groups is 3. The Hall–Kier alpha value is -11.4. The maximum absolute atomic E-state index is 11.4. The van der Waals surface area contributed by atoms with Crippen molar-refractivity contribution in [1.29, 1.82) is 15.8 Å². The van der Waals surface area contributed by atoms with Crippen molar-refractivity contribution in [1.82, 2.24) is 29.9 Å². The smallest absolute Gasteiger partial charge is 0.493 e. The van der Waals surface area contributed by atoms with E-state index in [2.05, 4.69) is 180 Å². The molecular formula is C85H77BBr4N12O12Si. The van der Waals surface area contributed by atoms with Gasteiger partial charge in [-0.3, -0.25) is 44.8 Å². The maximum atomic E-state index is 11.4. The third-order valence-electron chi connectivity index (χ3n) is 17.5. The van der Waals surface area contributed by atoms with E-state index in [1.165, 1.54) is 24.8 Å². The van der Waals surface area contributed by atoms with E-state index in [1.807, 2.05) is 103 Å². The second-order valence-corrected chi connectivity index (χ2v) is 34.7. The molecule has 1 fully saturated rings. The Morgan fingerprint density at radius 2 is 1.13 bits per heavy atom. The number of nitrogens with zero attached hydrogens (tertiary/aromatic N) is 11. The van der Waals surface area contributed by atoms with Crippen molar-refractivity contribution in [2.45, 2.75) is 90.5 Å². The number of aliphatic hydroxyl groups excluding tert-OH is 1. The summed E-state index contributed by atoms with van der Waals surface area (Å²) >= 11 is 13.5. The number of aryl methyl sites for hydroxylation is 1. The predicted molar refractivity (Wildman–Crippen MR) is 461 cm³/mol. The molecule has 2 unspecified atom stereocenters. The van der Waals surface area contributed by atoms with Crippen LogP contribution in [0.3, 0.4) is 0 Å². The van der Waals surface area contributed by atoms with Crippen LogP contribution in [0.1, 0.15) is 91.4 Å². The second-order valence-electron chi connectivity index (χ2n) is 26.9. The molecule has 2 aliphatic heterocycles. The molecule has 2 atom stereocenters. The van der Waals surface area contributed by atoms with Crippen LogP contribution in [0.25, 0.3) is 70.3 Å². The quantitative estimate of drug-likeness (QED) is 0.0244. The van der Waals surface area contributed by atoms with Crippen LogP contribution in [-0.4, -0.2) is 112 Å². The first-order valence-corrected chi connectivity index (χ1v) is 42.0. The summed E-state index contributed by atoms with van der Waals surface area (Å²) in [5.74, 6) is -0.129. The van der Waals surface area contributed by atoms with E-state index in [0.717, 1.165) is 116 Å². The van der Waals surface area contributed by atoms with E-state index < -0.39 is 37.4 Å². The topological polar surface area (TPSA) is 349 Å². The lowest BCUT2D eigenvalue weighted by Crippen LogP contribution is -2.41. The molecule has 15 rings (SSSR count). The van der Waals surface area contributed by atoms with Gasteiger partial charge in [-0.05, 0) is 215 Å². The van der Waals surface area contributed by atoms with Crippen LogP contribution in [-0.2, 0) is 39.2 Å². The number of nitrogen functional groups attached to an aromatic ring is 1. The highest BCUT2D eigenvalue weighted by Gasteiger charge is 2.52. The number of benzene rings is 7. The van der Waals surface area contributed by atoms with E-state index in [9.17, 15) is 34.9 Å². The van der Waals surface area contributed by atoms with Crippen LogP contribution in [0.5, 0.6) is 5.75 Å². The van der Waals surface area contributed by atoms with Crippen molar-refractivity contribution in [3.63, 3.8) is 0 Å². The van der Waals surface area contributed by atoms with Gasteiger partial charge in [0, 0.05) is 116 Å². The number of fused-ring (bicyclic) bond motifs is 7. The lowest BCUT2D eigenvalue weighted by Gasteiger charge is -2.32. The number of hydrogen-bond acceptors (Lipinski definition) is 22. The van der Waals surface area contributed by atoms with Gasteiger partial charge >= 0.3 is 25.6 Å². The van der Waals surface area contributed by atoms with Gasteiger partial charge in [-0.2, -0.15) is 15.8 Å². The fourth-order valence-corrected chi connectivity index (χ4v) is 14.2. The molecule has 0 spiro atoms. The van der Waals surface area contributed by atoms with Crippen LogP contribution < -0.4 is 15.9 Å². The molecule has 6 aromatic heterocycles. The van der Waals surface area contributed by atoms with Gasteiger partial charge in [0.15, 0.2) is 26.8 Å². The molecule has 2 aliphatic rings. The summed E-state index contributed by atoms with van der Waals surface area (Å²) in [5, 5.41) is 52.6. The normalized spacial score (nSPS) is 13.0. The maximum Gasteiger partial charge on any atom is 0.494 e. The molecule has 584 valence electrons. The van der Waals surface area contributed by atoms with Gasteiger partial charge in [0.2, 0.25) is 0 Å². The van der Waals surface area contributed by atoms with Crippen LogP contribution in [0.4, 0.5) is 11.4 Å². The number of pyridine rings is 6. The van der Waals surface area contributed by atoms with Gasteiger partial charge in [0.25, 0.3) is 5.69 Å². The molecule has 8 heterocycles. The SMILES string of the molecule is CC1(C)OB(c2ccc3c(c2)CCCO3)OC1(C)C.COC(=O)C(O)c1c(Br)ccc2ncccc12.C[Si](C)(C)OC(C#N)c1c(Br)ccc2ncccc12.N#Cc1c(Br)ccc2ncccc12.N#Cc1c(N)ccc2ncccc12.O=Cc1c(Br)ccc2ncccc12.O=[N+]([O-])c1ccc2ncccc2c1.[C-]#[N+]CC(=O)OCC. The molecule has 0 radical (unpaired) electrons. The monoisotopic (exact) mass is 1810 g/mol. The Morgan fingerprint density at radius 3 is 1.64 bits per heavy atom. The van der Waals surface area contributed by atoms with Crippen molar-refractivity contribution in [2.24, 2.45) is 0 Å². The van der Waals surface area contributed by atoms with Gasteiger partial charge in [-0.15, -0.1) is 0 Å². The molecule has 30 heteroatoms. The van der Waals surface area contributed by atoms with Crippen LogP contribution in [0.15, 0.2) is 225 Å². The fraction of sp³-hybridized carbons (Fsp3) is 0.212.